The molecule has 0 radical (unpaired) electrons. The summed E-state index contributed by atoms with van der Waals surface area (Å²) in [6, 6.07) is 14.4. The predicted molar refractivity (Wildman–Crippen MR) is 122 cm³/mol. The van der Waals surface area contributed by atoms with Crippen LogP contribution in [0.25, 0.3) is 5.57 Å². The van der Waals surface area contributed by atoms with Gasteiger partial charge < -0.3 is 14.4 Å². The molecular weight excluding hydrogens is 416 g/mol. The molecule has 164 valence electrons. The summed E-state index contributed by atoms with van der Waals surface area (Å²) in [6.07, 6.45) is 0.878. The lowest BCUT2D eigenvalue weighted by Crippen LogP contribution is -2.37. The maximum atomic E-state index is 13.6. The molecule has 0 saturated carbocycles. The first kappa shape index (κ1) is 23.0. The second-order valence-corrected chi connectivity index (χ2v) is 7.61. The Kier molecular flexibility index (Phi) is 7.85. The van der Waals surface area contributed by atoms with Gasteiger partial charge in [-0.2, -0.15) is 0 Å². The summed E-state index contributed by atoms with van der Waals surface area (Å²) in [5.41, 5.74) is 3.03. The molecule has 2 amide bonds. The molecule has 2 aromatic rings. The number of benzene rings is 2. The van der Waals surface area contributed by atoms with Crippen molar-refractivity contribution in [2.24, 2.45) is 0 Å². The number of amides is 2. The highest BCUT2D eigenvalue weighted by Crippen LogP contribution is 2.35. The first-order chi connectivity index (χ1) is 15.0. The number of hydrogen-bond donors (Lipinski definition) is 0. The van der Waals surface area contributed by atoms with Crippen LogP contribution in [0.2, 0.25) is 5.02 Å². The number of carbonyl (C=O) groups is 2. The Hall–Kier alpha value is -2.67. The van der Waals surface area contributed by atoms with Gasteiger partial charge in [0.05, 0.1) is 24.5 Å². The van der Waals surface area contributed by atoms with E-state index in [0.717, 1.165) is 12.0 Å². The normalized spacial score (nSPS) is 14.0. The van der Waals surface area contributed by atoms with Crippen molar-refractivity contribution >= 4 is 34.7 Å². The number of methoxy groups -OCH3 is 2. The van der Waals surface area contributed by atoms with E-state index < -0.39 is 0 Å². The van der Waals surface area contributed by atoms with Gasteiger partial charge in [0.1, 0.15) is 5.70 Å². The Labute approximate surface area is 188 Å². The Balaban J connectivity index is 2.09. The van der Waals surface area contributed by atoms with Crippen LogP contribution < -0.4 is 4.90 Å². The van der Waals surface area contributed by atoms with Gasteiger partial charge in [-0.05, 0) is 41.8 Å². The molecule has 0 N–H and O–H groups in total. The van der Waals surface area contributed by atoms with Crippen molar-refractivity contribution in [2.75, 3.05) is 45.4 Å². The molecule has 2 aromatic carbocycles. The molecule has 31 heavy (non-hydrogen) atoms. The second-order valence-electron chi connectivity index (χ2n) is 7.17. The molecule has 0 unspecified atom stereocenters. The SMILES string of the molecule is CCc1ccc(N2C(=O)C(c3ccc(Cl)cc3)=C(N(CCOC)CCOC)C2=O)cc1. The van der Waals surface area contributed by atoms with Gasteiger partial charge in [0.15, 0.2) is 0 Å². The van der Waals surface area contributed by atoms with Crippen LogP contribution in [0.5, 0.6) is 0 Å². The van der Waals surface area contributed by atoms with Gasteiger partial charge in [0, 0.05) is 32.3 Å². The maximum absolute atomic E-state index is 13.6. The molecule has 0 saturated heterocycles. The van der Waals surface area contributed by atoms with E-state index in [-0.39, 0.29) is 11.8 Å². The fourth-order valence-electron chi connectivity index (χ4n) is 3.54. The first-order valence-corrected chi connectivity index (χ1v) is 10.6. The number of hydrogen-bond acceptors (Lipinski definition) is 5. The molecule has 0 spiro atoms. The monoisotopic (exact) mass is 442 g/mol. The van der Waals surface area contributed by atoms with Gasteiger partial charge in [0.25, 0.3) is 11.8 Å². The third-order valence-corrected chi connectivity index (χ3v) is 5.49. The van der Waals surface area contributed by atoms with Gasteiger partial charge in [-0.1, -0.05) is 42.8 Å². The molecule has 3 rings (SSSR count). The molecule has 1 aliphatic rings. The second kappa shape index (κ2) is 10.6. The fourth-order valence-corrected chi connectivity index (χ4v) is 3.67. The smallest absolute Gasteiger partial charge is 0.282 e. The van der Waals surface area contributed by atoms with E-state index in [1.54, 1.807) is 38.5 Å². The van der Waals surface area contributed by atoms with Crippen molar-refractivity contribution < 1.29 is 19.1 Å². The highest BCUT2D eigenvalue weighted by atomic mass is 35.5. The molecule has 6 nitrogen and oxygen atoms in total. The quantitative estimate of drug-likeness (QED) is 0.524. The topological polar surface area (TPSA) is 59.1 Å². The molecule has 1 heterocycles. The Morgan fingerprint density at radius 3 is 1.97 bits per heavy atom. The molecule has 7 heteroatoms. The average molecular weight is 443 g/mol. The van der Waals surface area contributed by atoms with E-state index in [2.05, 4.69) is 6.92 Å². The minimum absolute atomic E-state index is 0.348. The van der Waals surface area contributed by atoms with Crippen LogP contribution in [0.1, 0.15) is 18.1 Å². The maximum Gasteiger partial charge on any atom is 0.282 e. The van der Waals surface area contributed by atoms with Crippen LogP contribution in [0.3, 0.4) is 0 Å². The average Bonchev–Trinajstić information content (AvgIpc) is 3.04. The van der Waals surface area contributed by atoms with Gasteiger partial charge in [-0.25, -0.2) is 4.90 Å². The molecule has 0 aromatic heterocycles. The number of rotatable bonds is 10. The van der Waals surface area contributed by atoms with Crippen LogP contribution in [0.4, 0.5) is 5.69 Å². The highest BCUT2D eigenvalue weighted by Gasteiger charge is 2.42. The van der Waals surface area contributed by atoms with Crippen LogP contribution in [-0.2, 0) is 25.5 Å². The Bertz CT molecular complexity index is 947. The summed E-state index contributed by atoms with van der Waals surface area (Å²) < 4.78 is 10.5. The van der Waals surface area contributed by atoms with Gasteiger partial charge >= 0.3 is 0 Å². The standard InChI is InChI=1S/C24H27ClN2O4/c1-4-17-5-11-20(12-6-17)27-23(28)21(18-7-9-19(25)10-8-18)22(24(27)29)26(13-15-30-2)14-16-31-3/h5-12H,4,13-16H2,1-3H3. The van der Waals surface area contributed by atoms with E-state index >= 15 is 0 Å². The number of halogens is 1. The van der Waals surface area contributed by atoms with Crippen LogP contribution in [0.15, 0.2) is 54.2 Å². The number of ether oxygens (including phenoxy) is 2. The van der Waals surface area contributed by atoms with Crippen molar-refractivity contribution in [1.29, 1.82) is 0 Å². The number of imide groups is 1. The minimum Gasteiger partial charge on any atom is -0.383 e. The highest BCUT2D eigenvalue weighted by molar-refractivity contribution is 6.45. The molecule has 0 bridgehead atoms. The summed E-state index contributed by atoms with van der Waals surface area (Å²) in [5, 5.41) is 0.560. The van der Waals surface area contributed by atoms with Gasteiger partial charge in [-0.3, -0.25) is 9.59 Å². The van der Waals surface area contributed by atoms with Crippen LogP contribution in [-0.4, -0.2) is 57.2 Å². The summed E-state index contributed by atoms with van der Waals surface area (Å²) in [4.78, 5) is 30.2. The van der Waals surface area contributed by atoms with Crippen LogP contribution in [0, 0.1) is 0 Å². The van der Waals surface area contributed by atoms with Crippen LogP contribution >= 0.6 is 11.6 Å². The zero-order chi connectivity index (χ0) is 22.4. The molecular formula is C24H27ClN2O4. The lowest BCUT2D eigenvalue weighted by molar-refractivity contribution is -0.120. The largest absolute Gasteiger partial charge is 0.383 e. The zero-order valence-electron chi connectivity index (χ0n) is 18.1. The van der Waals surface area contributed by atoms with E-state index in [1.807, 2.05) is 29.2 Å². The van der Waals surface area contributed by atoms with E-state index in [4.69, 9.17) is 21.1 Å². The third kappa shape index (κ3) is 4.98. The zero-order valence-corrected chi connectivity index (χ0v) is 18.8. The summed E-state index contributed by atoms with van der Waals surface area (Å²) in [6.45, 7) is 3.78. The molecule has 1 aliphatic heterocycles. The van der Waals surface area contributed by atoms with Crippen molar-refractivity contribution in [3.63, 3.8) is 0 Å². The number of aryl methyl sites for hydroxylation is 1. The molecule has 0 atom stereocenters. The predicted octanol–water partition coefficient (Wildman–Crippen LogP) is 3.78. The Morgan fingerprint density at radius 2 is 1.45 bits per heavy atom. The summed E-state index contributed by atoms with van der Waals surface area (Å²) in [7, 11) is 3.21. The van der Waals surface area contributed by atoms with Crippen molar-refractivity contribution in [1.82, 2.24) is 4.90 Å². The number of anilines is 1. The van der Waals surface area contributed by atoms with Crippen molar-refractivity contribution in [3.05, 3.63) is 70.4 Å². The number of nitrogens with zero attached hydrogens (tertiary/aromatic N) is 2. The van der Waals surface area contributed by atoms with E-state index in [0.29, 0.717) is 53.8 Å². The third-order valence-electron chi connectivity index (χ3n) is 5.24. The lowest BCUT2D eigenvalue weighted by Gasteiger charge is -2.25. The van der Waals surface area contributed by atoms with Crippen molar-refractivity contribution in [3.8, 4) is 0 Å². The van der Waals surface area contributed by atoms with E-state index in [1.165, 1.54) is 4.90 Å². The van der Waals surface area contributed by atoms with E-state index in [9.17, 15) is 9.59 Å². The number of carbonyl (C=O) groups excluding carboxylic acids is 2. The summed E-state index contributed by atoms with van der Waals surface area (Å²) in [5.74, 6) is -0.710. The lowest BCUT2D eigenvalue weighted by atomic mass is 10.0. The summed E-state index contributed by atoms with van der Waals surface area (Å²) >= 11 is 6.05. The first-order valence-electron chi connectivity index (χ1n) is 10.2. The minimum atomic E-state index is -0.355. The van der Waals surface area contributed by atoms with Gasteiger partial charge in [0.2, 0.25) is 0 Å². The molecule has 0 fully saturated rings. The van der Waals surface area contributed by atoms with Gasteiger partial charge in [-0.15, -0.1) is 0 Å². The molecule has 0 aliphatic carbocycles. The fraction of sp³-hybridized carbons (Fsp3) is 0.333. The van der Waals surface area contributed by atoms with Crippen molar-refractivity contribution in [2.45, 2.75) is 13.3 Å². The Morgan fingerprint density at radius 1 is 0.871 bits per heavy atom.